The predicted octanol–water partition coefficient (Wildman–Crippen LogP) is 3.37. The maximum Gasteiger partial charge on any atom is 0.0376 e. The van der Waals surface area contributed by atoms with E-state index < -0.39 is 0 Å². The predicted molar refractivity (Wildman–Crippen MR) is 83.1 cm³/mol. The van der Waals surface area contributed by atoms with Crippen LogP contribution in [-0.2, 0) is 0 Å². The van der Waals surface area contributed by atoms with E-state index in [0.717, 1.165) is 26.2 Å². The van der Waals surface area contributed by atoms with Crippen molar-refractivity contribution in [2.45, 2.75) is 19.8 Å². The zero-order valence-electron chi connectivity index (χ0n) is 11.8. The van der Waals surface area contributed by atoms with E-state index in [1.165, 1.54) is 22.0 Å². The molecule has 19 heavy (non-hydrogen) atoms. The molecule has 0 unspecified atom stereocenters. The first-order valence-corrected chi connectivity index (χ1v) is 7.24. The second-order valence-corrected chi connectivity index (χ2v) is 5.65. The molecule has 0 aromatic heterocycles. The summed E-state index contributed by atoms with van der Waals surface area (Å²) in [6, 6.07) is 13.5. The highest BCUT2D eigenvalue weighted by Gasteiger charge is 2.14. The normalized spacial score (nSPS) is 16.3. The first-order chi connectivity index (χ1) is 9.25. The van der Waals surface area contributed by atoms with Crippen LogP contribution in [0.5, 0.6) is 0 Å². The second-order valence-electron chi connectivity index (χ2n) is 5.65. The monoisotopic (exact) mass is 254 g/mol. The van der Waals surface area contributed by atoms with Crippen molar-refractivity contribution < 1.29 is 0 Å². The maximum atomic E-state index is 3.42. The van der Waals surface area contributed by atoms with E-state index in [9.17, 15) is 0 Å². The summed E-state index contributed by atoms with van der Waals surface area (Å²) < 4.78 is 0. The van der Waals surface area contributed by atoms with E-state index in [2.05, 4.69) is 60.5 Å². The van der Waals surface area contributed by atoms with Crippen molar-refractivity contribution in [3.8, 4) is 0 Å². The standard InChI is InChI=1S/C17H22N2/c1-13(2)17-12-15(19-9-7-18-8-10-19)11-14-5-3-4-6-16(14)17/h3-6,11-13,18H,7-10H2,1-2H3. The molecule has 2 aromatic carbocycles. The van der Waals surface area contributed by atoms with Crippen LogP contribution in [0.2, 0.25) is 0 Å². The van der Waals surface area contributed by atoms with Gasteiger partial charge in [0.2, 0.25) is 0 Å². The molecule has 1 heterocycles. The lowest BCUT2D eigenvalue weighted by molar-refractivity contribution is 0.589. The first kappa shape index (κ1) is 12.5. The number of anilines is 1. The van der Waals surface area contributed by atoms with Crippen LogP contribution in [0.4, 0.5) is 5.69 Å². The van der Waals surface area contributed by atoms with Crippen molar-refractivity contribution in [2.75, 3.05) is 31.1 Å². The second kappa shape index (κ2) is 5.22. The van der Waals surface area contributed by atoms with Crippen LogP contribution in [0.25, 0.3) is 10.8 Å². The SMILES string of the molecule is CC(C)c1cc(N2CCNCC2)cc2ccccc12. The number of nitrogens with zero attached hydrogens (tertiary/aromatic N) is 1. The van der Waals surface area contributed by atoms with Crippen molar-refractivity contribution in [1.29, 1.82) is 0 Å². The Morgan fingerprint density at radius 2 is 1.79 bits per heavy atom. The van der Waals surface area contributed by atoms with Gasteiger partial charge in [0.1, 0.15) is 0 Å². The summed E-state index contributed by atoms with van der Waals surface area (Å²) in [5.74, 6) is 0.563. The smallest absolute Gasteiger partial charge is 0.0376 e. The summed E-state index contributed by atoms with van der Waals surface area (Å²) in [6.07, 6.45) is 0. The van der Waals surface area contributed by atoms with Gasteiger partial charge in [-0.05, 0) is 34.4 Å². The lowest BCUT2D eigenvalue weighted by Crippen LogP contribution is -2.43. The van der Waals surface area contributed by atoms with E-state index in [0.29, 0.717) is 5.92 Å². The topological polar surface area (TPSA) is 15.3 Å². The van der Waals surface area contributed by atoms with Gasteiger partial charge in [-0.25, -0.2) is 0 Å². The highest BCUT2D eigenvalue weighted by atomic mass is 15.2. The highest BCUT2D eigenvalue weighted by molar-refractivity contribution is 5.89. The molecule has 1 saturated heterocycles. The minimum Gasteiger partial charge on any atom is -0.369 e. The quantitative estimate of drug-likeness (QED) is 0.884. The van der Waals surface area contributed by atoms with Crippen molar-refractivity contribution in [3.05, 3.63) is 42.0 Å². The fourth-order valence-electron chi connectivity index (χ4n) is 2.91. The van der Waals surface area contributed by atoms with Crippen molar-refractivity contribution >= 4 is 16.5 Å². The molecule has 0 amide bonds. The summed E-state index contributed by atoms with van der Waals surface area (Å²) in [4.78, 5) is 2.49. The number of nitrogens with one attached hydrogen (secondary N) is 1. The van der Waals surface area contributed by atoms with Gasteiger partial charge in [0.25, 0.3) is 0 Å². The molecular formula is C17H22N2. The van der Waals surface area contributed by atoms with E-state index in [-0.39, 0.29) is 0 Å². The highest BCUT2D eigenvalue weighted by Crippen LogP contribution is 2.31. The summed E-state index contributed by atoms with van der Waals surface area (Å²) in [5.41, 5.74) is 2.84. The van der Waals surface area contributed by atoms with Gasteiger partial charge in [0.05, 0.1) is 0 Å². The van der Waals surface area contributed by atoms with Gasteiger partial charge >= 0.3 is 0 Å². The number of fused-ring (bicyclic) bond motifs is 1. The van der Waals surface area contributed by atoms with Gasteiger partial charge < -0.3 is 10.2 Å². The Morgan fingerprint density at radius 3 is 2.53 bits per heavy atom. The van der Waals surface area contributed by atoms with Crippen molar-refractivity contribution in [2.24, 2.45) is 0 Å². The fraction of sp³-hybridized carbons (Fsp3) is 0.412. The molecule has 1 fully saturated rings. The fourth-order valence-corrected chi connectivity index (χ4v) is 2.91. The molecule has 2 nitrogen and oxygen atoms in total. The van der Waals surface area contributed by atoms with Crippen molar-refractivity contribution in [3.63, 3.8) is 0 Å². The molecule has 0 spiro atoms. The Labute approximate surface area is 115 Å². The summed E-state index contributed by atoms with van der Waals surface area (Å²) in [6.45, 7) is 8.95. The number of rotatable bonds is 2. The van der Waals surface area contributed by atoms with Gasteiger partial charge in [-0.3, -0.25) is 0 Å². The summed E-state index contributed by atoms with van der Waals surface area (Å²) in [7, 11) is 0. The molecule has 2 heteroatoms. The average Bonchev–Trinajstić information content (AvgIpc) is 2.47. The zero-order chi connectivity index (χ0) is 13.2. The van der Waals surface area contributed by atoms with E-state index in [1.54, 1.807) is 0 Å². The number of piperazine rings is 1. The molecule has 0 atom stereocenters. The largest absolute Gasteiger partial charge is 0.369 e. The van der Waals surface area contributed by atoms with Gasteiger partial charge in [-0.2, -0.15) is 0 Å². The minimum atomic E-state index is 0.563. The Bertz CT molecular complexity index is 568. The average molecular weight is 254 g/mol. The Balaban J connectivity index is 2.10. The molecule has 0 aliphatic carbocycles. The molecule has 0 bridgehead atoms. The van der Waals surface area contributed by atoms with Gasteiger partial charge in [0.15, 0.2) is 0 Å². The first-order valence-electron chi connectivity index (χ1n) is 7.24. The molecular weight excluding hydrogens is 232 g/mol. The van der Waals surface area contributed by atoms with Crippen LogP contribution in [0.1, 0.15) is 25.3 Å². The third-order valence-corrected chi connectivity index (χ3v) is 3.98. The van der Waals surface area contributed by atoms with Crippen LogP contribution in [0, 0.1) is 0 Å². The Morgan fingerprint density at radius 1 is 1.05 bits per heavy atom. The number of hydrogen-bond acceptors (Lipinski definition) is 2. The molecule has 1 N–H and O–H groups in total. The van der Waals surface area contributed by atoms with Crippen LogP contribution in [0.3, 0.4) is 0 Å². The number of benzene rings is 2. The van der Waals surface area contributed by atoms with Crippen molar-refractivity contribution in [1.82, 2.24) is 5.32 Å². The van der Waals surface area contributed by atoms with Gasteiger partial charge in [-0.15, -0.1) is 0 Å². The third-order valence-electron chi connectivity index (χ3n) is 3.98. The third kappa shape index (κ3) is 2.45. The Hall–Kier alpha value is -1.54. The molecule has 100 valence electrons. The molecule has 2 aromatic rings. The zero-order valence-corrected chi connectivity index (χ0v) is 11.8. The van der Waals surface area contributed by atoms with Crippen LogP contribution in [-0.4, -0.2) is 26.2 Å². The molecule has 0 saturated carbocycles. The molecule has 1 aliphatic rings. The Kier molecular flexibility index (Phi) is 3.43. The lowest BCUT2D eigenvalue weighted by Gasteiger charge is -2.30. The van der Waals surface area contributed by atoms with E-state index >= 15 is 0 Å². The lowest BCUT2D eigenvalue weighted by atomic mass is 9.95. The van der Waals surface area contributed by atoms with Crippen LogP contribution in [0.15, 0.2) is 36.4 Å². The van der Waals surface area contributed by atoms with Crippen LogP contribution < -0.4 is 10.2 Å². The van der Waals surface area contributed by atoms with Gasteiger partial charge in [-0.1, -0.05) is 38.1 Å². The van der Waals surface area contributed by atoms with Crippen LogP contribution >= 0.6 is 0 Å². The summed E-state index contributed by atoms with van der Waals surface area (Å²) in [5, 5.41) is 6.18. The van der Waals surface area contributed by atoms with Gasteiger partial charge in [0, 0.05) is 31.9 Å². The minimum absolute atomic E-state index is 0.563. The molecule has 1 aliphatic heterocycles. The van der Waals surface area contributed by atoms with E-state index in [1.807, 2.05) is 0 Å². The maximum absolute atomic E-state index is 3.42. The molecule has 0 radical (unpaired) electrons. The summed E-state index contributed by atoms with van der Waals surface area (Å²) >= 11 is 0. The van der Waals surface area contributed by atoms with E-state index in [4.69, 9.17) is 0 Å². The number of hydrogen-bond donors (Lipinski definition) is 1. The molecule has 3 rings (SSSR count).